The summed E-state index contributed by atoms with van der Waals surface area (Å²) in [6.07, 6.45) is 0.613. The normalized spacial score (nSPS) is 15.7. The van der Waals surface area contributed by atoms with Crippen molar-refractivity contribution < 1.29 is 18.3 Å². The molecule has 1 heterocycles. The molecular formula is C17H18F3N3O. The molecule has 0 bridgehead atoms. The number of aromatic nitrogens is 2. The van der Waals surface area contributed by atoms with Gasteiger partial charge in [-0.3, -0.25) is 0 Å². The molecule has 2 N–H and O–H groups in total. The van der Waals surface area contributed by atoms with Gasteiger partial charge >= 0.3 is 6.18 Å². The second-order valence-electron chi connectivity index (χ2n) is 5.82. The van der Waals surface area contributed by atoms with Gasteiger partial charge < -0.3 is 10.4 Å². The number of anilines is 1. The maximum Gasteiger partial charge on any atom is 0.416 e. The molecule has 0 fully saturated rings. The van der Waals surface area contributed by atoms with Gasteiger partial charge in [0.25, 0.3) is 0 Å². The molecule has 0 amide bonds. The van der Waals surface area contributed by atoms with E-state index in [0.29, 0.717) is 5.82 Å². The lowest BCUT2D eigenvalue weighted by molar-refractivity contribution is -0.138. The summed E-state index contributed by atoms with van der Waals surface area (Å²) in [4.78, 5) is 8.43. The molecule has 1 unspecified atom stereocenters. The number of fused-ring (bicyclic) bond motifs is 1. The van der Waals surface area contributed by atoms with Gasteiger partial charge in [0.1, 0.15) is 12.1 Å². The summed E-state index contributed by atoms with van der Waals surface area (Å²) in [6, 6.07) is 4.39. The fraction of sp³-hybridized carbons (Fsp3) is 0.412. The predicted octanol–water partition coefficient (Wildman–Crippen LogP) is 3.52. The molecule has 1 atom stereocenters. The van der Waals surface area contributed by atoms with E-state index >= 15 is 0 Å². The smallest absolute Gasteiger partial charge is 0.394 e. The summed E-state index contributed by atoms with van der Waals surface area (Å²) in [7, 11) is 0. The minimum Gasteiger partial charge on any atom is -0.394 e. The zero-order valence-electron chi connectivity index (χ0n) is 13.0. The fourth-order valence-electron chi connectivity index (χ4n) is 3.09. The molecule has 24 heavy (non-hydrogen) atoms. The highest BCUT2D eigenvalue weighted by Gasteiger charge is 2.35. The Hall–Kier alpha value is -2.15. The van der Waals surface area contributed by atoms with Crippen LogP contribution in [-0.4, -0.2) is 21.7 Å². The monoisotopic (exact) mass is 337 g/mol. The van der Waals surface area contributed by atoms with Crippen molar-refractivity contribution in [2.45, 2.75) is 37.9 Å². The first-order valence-corrected chi connectivity index (χ1v) is 7.87. The van der Waals surface area contributed by atoms with E-state index in [1.807, 2.05) is 0 Å². The number of rotatable bonds is 4. The highest BCUT2D eigenvalue weighted by Crippen LogP contribution is 2.36. The van der Waals surface area contributed by atoms with Gasteiger partial charge in [0.15, 0.2) is 0 Å². The van der Waals surface area contributed by atoms with Gasteiger partial charge in [-0.05, 0) is 37.3 Å². The van der Waals surface area contributed by atoms with Crippen molar-refractivity contribution in [3.05, 3.63) is 53.0 Å². The average molecular weight is 337 g/mol. The molecule has 1 aliphatic carbocycles. The zero-order chi connectivity index (χ0) is 17.2. The Labute approximate surface area is 137 Å². The van der Waals surface area contributed by atoms with Crippen LogP contribution in [0.15, 0.2) is 30.6 Å². The second kappa shape index (κ2) is 6.76. The SMILES string of the molecule is OCC(Nc1ncnc2c1CCCC2)c1ccccc1C(F)(F)F. The molecule has 0 saturated carbocycles. The van der Waals surface area contributed by atoms with Crippen molar-refractivity contribution in [1.82, 2.24) is 9.97 Å². The molecule has 1 aliphatic rings. The van der Waals surface area contributed by atoms with Crippen LogP contribution in [0.2, 0.25) is 0 Å². The first kappa shape index (κ1) is 16.7. The molecule has 7 heteroatoms. The summed E-state index contributed by atoms with van der Waals surface area (Å²) >= 11 is 0. The second-order valence-corrected chi connectivity index (χ2v) is 5.82. The largest absolute Gasteiger partial charge is 0.416 e. The summed E-state index contributed by atoms with van der Waals surface area (Å²) in [5.41, 5.74) is 1.13. The summed E-state index contributed by atoms with van der Waals surface area (Å²) in [5.74, 6) is 0.510. The number of aliphatic hydroxyl groups is 1. The summed E-state index contributed by atoms with van der Waals surface area (Å²) in [6.45, 7) is -0.466. The highest BCUT2D eigenvalue weighted by atomic mass is 19.4. The maximum absolute atomic E-state index is 13.2. The van der Waals surface area contributed by atoms with Gasteiger partial charge in [0.2, 0.25) is 0 Å². The van der Waals surface area contributed by atoms with Crippen molar-refractivity contribution in [1.29, 1.82) is 0 Å². The van der Waals surface area contributed by atoms with E-state index in [9.17, 15) is 18.3 Å². The Kier molecular flexibility index (Phi) is 4.71. The van der Waals surface area contributed by atoms with Crippen LogP contribution < -0.4 is 5.32 Å². The third-order valence-electron chi connectivity index (χ3n) is 4.26. The molecule has 4 nitrogen and oxygen atoms in total. The van der Waals surface area contributed by atoms with Crippen LogP contribution in [0.25, 0.3) is 0 Å². The van der Waals surface area contributed by atoms with Gasteiger partial charge in [-0.1, -0.05) is 18.2 Å². The molecule has 0 radical (unpaired) electrons. The van der Waals surface area contributed by atoms with Crippen LogP contribution in [0.1, 0.15) is 41.3 Å². The fourth-order valence-corrected chi connectivity index (χ4v) is 3.09. The van der Waals surface area contributed by atoms with Crippen LogP contribution in [0, 0.1) is 0 Å². The Morgan fingerprint density at radius 2 is 1.88 bits per heavy atom. The van der Waals surface area contributed by atoms with E-state index in [1.54, 1.807) is 0 Å². The predicted molar refractivity (Wildman–Crippen MR) is 83.6 cm³/mol. The molecule has 2 aromatic rings. The number of aryl methyl sites for hydroxylation is 1. The Balaban J connectivity index is 1.95. The molecule has 0 saturated heterocycles. The van der Waals surface area contributed by atoms with Crippen molar-refractivity contribution in [2.75, 3.05) is 11.9 Å². The molecule has 0 aliphatic heterocycles. The topological polar surface area (TPSA) is 58.0 Å². The number of hydrogen-bond acceptors (Lipinski definition) is 4. The number of halogens is 3. The molecule has 3 rings (SSSR count). The Morgan fingerprint density at radius 3 is 2.62 bits per heavy atom. The lowest BCUT2D eigenvalue weighted by Gasteiger charge is -2.24. The van der Waals surface area contributed by atoms with Crippen molar-refractivity contribution >= 4 is 5.82 Å². The van der Waals surface area contributed by atoms with Crippen LogP contribution >= 0.6 is 0 Å². The van der Waals surface area contributed by atoms with Crippen LogP contribution in [-0.2, 0) is 19.0 Å². The van der Waals surface area contributed by atoms with Crippen molar-refractivity contribution in [3.8, 4) is 0 Å². The Bertz CT molecular complexity index is 718. The highest BCUT2D eigenvalue weighted by molar-refractivity contribution is 5.50. The van der Waals surface area contributed by atoms with Gasteiger partial charge in [-0.2, -0.15) is 13.2 Å². The number of benzene rings is 1. The number of aliphatic hydroxyl groups excluding tert-OH is 1. The maximum atomic E-state index is 13.2. The molecular weight excluding hydrogens is 319 g/mol. The molecule has 1 aromatic heterocycles. The average Bonchev–Trinajstić information content (AvgIpc) is 2.59. The first-order chi connectivity index (χ1) is 11.5. The summed E-state index contributed by atoms with van der Waals surface area (Å²) < 4.78 is 39.7. The van der Waals surface area contributed by atoms with Gasteiger partial charge in [0, 0.05) is 11.3 Å². The Morgan fingerprint density at radius 1 is 1.12 bits per heavy atom. The number of nitrogens with zero attached hydrogens (tertiary/aromatic N) is 2. The lowest BCUT2D eigenvalue weighted by atomic mass is 9.95. The van der Waals surface area contributed by atoms with Crippen LogP contribution in [0.5, 0.6) is 0 Å². The van der Waals surface area contributed by atoms with Crippen molar-refractivity contribution in [3.63, 3.8) is 0 Å². The van der Waals surface area contributed by atoms with Crippen LogP contribution in [0.3, 0.4) is 0 Å². The van der Waals surface area contributed by atoms with E-state index in [0.717, 1.165) is 43.0 Å². The van der Waals surface area contributed by atoms with E-state index < -0.39 is 24.4 Å². The summed E-state index contributed by atoms with van der Waals surface area (Å²) in [5, 5.41) is 12.6. The van der Waals surface area contributed by atoms with E-state index in [2.05, 4.69) is 15.3 Å². The standard InChI is InChI=1S/C17H18F3N3O/c18-17(19,20)13-7-3-1-5-11(13)15(9-24)23-16-12-6-2-4-8-14(12)21-10-22-16/h1,3,5,7,10,15,24H,2,4,6,8-9H2,(H,21,22,23). The first-order valence-electron chi connectivity index (χ1n) is 7.87. The van der Waals surface area contributed by atoms with E-state index in [1.165, 1.54) is 24.5 Å². The zero-order valence-corrected chi connectivity index (χ0v) is 13.0. The third-order valence-corrected chi connectivity index (χ3v) is 4.26. The van der Waals surface area contributed by atoms with Gasteiger partial charge in [-0.25, -0.2) is 9.97 Å². The number of nitrogens with one attached hydrogen (secondary N) is 1. The number of hydrogen-bond donors (Lipinski definition) is 2. The number of alkyl halides is 3. The third kappa shape index (κ3) is 3.36. The van der Waals surface area contributed by atoms with Gasteiger partial charge in [0.05, 0.1) is 18.2 Å². The van der Waals surface area contributed by atoms with Crippen molar-refractivity contribution in [2.24, 2.45) is 0 Å². The molecule has 0 spiro atoms. The van der Waals surface area contributed by atoms with Gasteiger partial charge in [-0.15, -0.1) is 0 Å². The van der Waals surface area contributed by atoms with E-state index in [4.69, 9.17) is 0 Å². The minimum absolute atomic E-state index is 0.00988. The molecule has 128 valence electrons. The molecule has 1 aromatic carbocycles. The van der Waals surface area contributed by atoms with Crippen LogP contribution in [0.4, 0.5) is 19.0 Å². The lowest BCUT2D eigenvalue weighted by Crippen LogP contribution is -2.22. The minimum atomic E-state index is -4.48. The quantitative estimate of drug-likeness (QED) is 0.896. The van der Waals surface area contributed by atoms with E-state index in [-0.39, 0.29) is 5.56 Å².